The van der Waals surface area contributed by atoms with Crippen LogP contribution in [0.5, 0.6) is 5.75 Å². The monoisotopic (exact) mass is 324 g/mol. The van der Waals surface area contributed by atoms with Crippen LogP contribution in [0.4, 0.5) is 8.78 Å². The van der Waals surface area contributed by atoms with Crippen molar-refractivity contribution in [3.8, 4) is 5.75 Å². The zero-order valence-corrected chi connectivity index (χ0v) is 11.9. The summed E-state index contributed by atoms with van der Waals surface area (Å²) in [5.41, 5.74) is 0. The first-order valence-corrected chi connectivity index (χ1v) is 6.48. The van der Waals surface area contributed by atoms with E-state index in [2.05, 4.69) is 15.9 Å². The minimum Gasteiger partial charge on any atom is -0.485 e. The zero-order valence-electron chi connectivity index (χ0n) is 10.3. The van der Waals surface area contributed by atoms with Gasteiger partial charge in [0.25, 0.3) is 0 Å². The molecule has 0 saturated carbocycles. The molecule has 0 aromatic heterocycles. The lowest BCUT2D eigenvalue weighted by Crippen LogP contribution is -2.90. The van der Waals surface area contributed by atoms with Crippen molar-refractivity contribution < 1.29 is 23.9 Å². The van der Waals surface area contributed by atoms with Gasteiger partial charge in [0.05, 0.1) is 6.04 Å². The normalized spacial score (nSPS) is 12.8. The van der Waals surface area contributed by atoms with Crippen LogP contribution in [0.1, 0.15) is 13.8 Å². The van der Waals surface area contributed by atoms with Gasteiger partial charge < -0.3 is 15.2 Å². The molecule has 1 rings (SSSR count). The van der Waals surface area contributed by atoms with E-state index < -0.39 is 23.5 Å². The van der Waals surface area contributed by atoms with E-state index in [1.807, 2.05) is 19.2 Å². The van der Waals surface area contributed by atoms with Crippen LogP contribution in [0.3, 0.4) is 0 Å². The molecule has 0 unspecified atom stereocenters. The third-order valence-corrected chi connectivity index (χ3v) is 2.72. The zero-order chi connectivity index (χ0) is 13.7. The van der Waals surface area contributed by atoms with Crippen LogP contribution in [0.15, 0.2) is 16.6 Å². The van der Waals surface area contributed by atoms with Gasteiger partial charge in [-0.2, -0.15) is 0 Å². The van der Waals surface area contributed by atoms with E-state index in [1.54, 1.807) is 0 Å². The maximum absolute atomic E-state index is 13.4. The van der Waals surface area contributed by atoms with E-state index in [0.717, 1.165) is 12.1 Å². The Morgan fingerprint density at radius 1 is 1.33 bits per heavy atom. The Balaban J connectivity index is 2.53. The molecule has 6 heteroatoms. The summed E-state index contributed by atoms with van der Waals surface area (Å²) in [5.74, 6) is -2.04. The van der Waals surface area contributed by atoms with Crippen molar-refractivity contribution in [1.29, 1.82) is 0 Å². The first-order valence-electron chi connectivity index (χ1n) is 5.69. The maximum atomic E-state index is 13.4. The number of hydrogen-bond donors (Lipinski definition) is 2. The summed E-state index contributed by atoms with van der Waals surface area (Å²) in [5, 5.41) is 11.5. The van der Waals surface area contributed by atoms with Gasteiger partial charge in [0.2, 0.25) is 0 Å². The van der Waals surface area contributed by atoms with Crippen molar-refractivity contribution in [1.82, 2.24) is 0 Å². The molecule has 102 valence electrons. The van der Waals surface area contributed by atoms with Crippen LogP contribution in [-0.2, 0) is 0 Å². The Morgan fingerprint density at radius 3 is 2.39 bits per heavy atom. The highest BCUT2D eigenvalue weighted by Crippen LogP contribution is 2.25. The molecule has 0 aliphatic carbocycles. The molecule has 0 radical (unpaired) electrons. The van der Waals surface area contributed by atoms with E-state index in [4.69, 9.17) is 4.74 Å². The van der Waals surface area contributed by atoms with Crippen molar-refractivity contribution in [2.45, 2.75) is 26.0 Å². The largest absolute Gasteiger partial charge is 0.485 e. The average Bonchev–Trinajstić information content (AvgIpc) is 2.24. The molecule has 0 aliphatic heterocycles. The number of aliphatic hydroxyl groups excluding tert-OH is 1. The van der Waals surface area contributed by atoms with Gasteiger partial charge in [-0.15, -0.1) is 0 Å². The molecule has 3 N–H and O–H groups in total. The minimum absolute atomic E-state index is 0.140. The topological polar surface area (TPSA) is 46.1 Å². The Labute approximate surface area is 113 Å². The van der Waals surface area contributed by atoms with E-state index in [9.17, 15) is 13.9 Å². The van der Waals surface area contributed by atoms with E-state index in [1.165, 1.54) is 0 Å². The minimum atomic E-state index is -0.790. The number of nitrogens with two attached hydrogens (primary N) is 1. The van der Waals surface area contributed by atoms with Gasteiger partial charge in [-0.1, -0.05) is 15.9 Å². The summed E-state index contributed by atoms with van der Waals surface area (Å²) in [4.78, 5) is 0. The molecule has 0 aliphatic rings. The average molecular weight is 325 g/mol. The molecular weight excluding hydrogens is 308 g/mol. The van der Waals surface area contributed by atoms with Crippen LogP contribution < -0.4 is 10.1 Å². The lowest BCUT2D eigenvalue weighted by atomic mass is 10.3. The summed E-state index contributed by atoms with van der Waals surface area (Å²) in [7, 11) is 0. The Morgan fingerprint density at radius 2 is 1.89 bits per heavy atom. The summed E-state index contributed by atoms with van der Waals surface area (Å²) in [6, 6.07) is 2.58. The molecule has 0 amide bonds. The van der Waals surface area contributed by atoms with E-state index >= 15 is 0 Å². The molecule has 3 nitrogen and oxygen atoms in total. The van der Waals surface area contributed by atoms with Crippen LogP contribution in [0.25, 0.3) is 0 Å². The molecule has 1 aromatic carbocycles. The Kier molecular flexibility index (Phi) is 5.98. The van der Waals surface area contributed by atoms with Crippen molar-refractivity contribution in [2.75, 3.05) is 13.2 Å². The quantitative estimate of drug-likeness (QED) is 0.831. The van der Waals surface area contributed by atoms with Gasteiger partial charge >= 0.3 is 0 Å². The van der Waals surface area contributed by atoms with Gasteiger partial charge in [0, 0.05) is 4.47 Å². The number of rotatable bonds is 6. The number of aliphatic hydroxyl groups is 1. The third kappa shape index (κ3) is 4.88. The number of halogens is 3. The number of ether oxygens (including phenoxy) is 1. The highest BCUT2D eigenvalue weighted by Gasteiger charge is 2.15. The van der Waals surface area contributed by atoms with Gasteiger partial charge in [-0.25, -0.2) is 8.78 Å². The lowest BCUT2D eigenvalue weighted by Gasteiger charge is -2.13. The molecule has 0 saturated heterocycles. The standard InChI is InChI=1S/C12H16BrF2NO2/c1-7(2)16-5-9(17)6-18-12-10(14)3-8(13)4-11(12)15/h3-4,7,9,16-17H,5-6H2,1-2H3/p+1/t9-/m1/s1. The molecule has 0 fully saturated rings. The van der Waals surface area contributed by atoms with Crippen LogP contribution in [0, 0.1) is 11.6 Å². The summed E-state index contributed by atoms with van der Waals surface area (Å²) < 4.78 is 32.1. The Bertz CT molecular complexity index is 379. The molecule has 0 bridgehead atoms. The third-order valence-electron chi connectivity index (χ3n) is 2.26. The van der Waals surface area contributed by atoms with Gasteiger partial charge in [0.15, 0.2) is 17.4 Å². The fraction of sp³-hybridized carbons (Fsp3) is 0.500. The summed E-state index contributed by atoms with van der Waals surface area (Å²) >= 11 is 2.98. The van der Waals surface area contributed by atoms with Gasteiger partial charge in [-0.05, 0) is 26.0 Å². The SMILES string of the molecule is CC(C)[NH2+]C[C@@H](O)COc1c(F)cc(Br)cc1F. The van der Waals surface area contributed by atoms with Gasteiger partial charge in [-0.3, -0.25) is 0 Å². The molecule has 0 spiro atoms. The molecule has 1 atom stereocenters. The first-order chi connectivity index (χ1) is 8.40. The fourth-order valence-electron chi connectivity index (χ4n) is 1.34. The van der Waals surface area contributed by atoms with Crippen LogP contribution in [-0.4, -0.2) is 30.4 Å². The molecule has 1 aromatic rings. The van der Waals surface area contributed by atoms with Crippen molar-refractivity contribution >= 4 is 15.9 Å². The number of hydrogen-bond acceptors (Lipinski definition) is 2. The lowest BCUT2D eigenvalue weighted by molar-refractivity contribution is -0.688. The fourth-order valence-corrected chi connectivity index (χ4v) is 1.75. The summed E-state index contributed by atoms with van der Waals surface area (Å²) in [6.07, 6.45) is -0.769. The second-order valence-electron chi connectivity index (χ2n) is 4.38. The van der Waals surface area contributed by atoms with Crippen LogP contribution >= 0.6 is 15.9 Å². The second-order valence-corrected chi connectivity index (χ2v) is 5.29. The number of benzene rings is 1. The highest BCUT2D eigenvalue weighted by atomic mass is 79.9. The smallest absolute Gasteiger partial charge is 0.190 e. The Hall–Kier alpha value is -0.720. The van der Waals surface area contributed by atoms with Crippen molar-refractivity contribution in [2.24, 2.45) is 0 Å². The molecule has 0 heterocycles. The van der Waals surface area contributed by atoms with E-state index in [0.29, 0.717) is 17.1 Å². The summed E-state index contributed by atoms with van der Waals surface area (Å²) in [6.45, 7) is 4.26. The molecular formula is C12H17BrF2NO2+. The molecule has 18 heavy (non-hydrogen) atoms. The van der Waals surface area contributed by atoms with E-state index in [-0.39, 0.29) is 6.61 Å². The van der Waals surface area contributed by atoms with Crippen molar-refractivity contribution in [3.05, 3.63) is 28.2 Å². The van der Waals surface area contributed by atoms with Crippen LogP contribution in [0.2, 0.25) is 0 Å². The highest BCUT2D eigenvalue weighted by molar-refractivity contribution is 9.10. The predicted octanol–water partition coefficient (Wildman–Crippen LogP) is 1.44. The van der Waals surface area contributed by atoms with Gasteiger partial charge in [0.1, 0.15) is 19.3 Å². The first kappa shape index (κ1) is 15.3. The second kappa shape index (κ2) is 7.01. The number of quaternary nitrogens is 1. The van der Waals surface area contributed by atoms with Crippen molar-refractivity contribution in [3.63, 3.8) is 0 Å². The maximum Gasteiger partial charge on any atom is 0.190 e. The predicted molar refractivity (Wildman–Crippen MR) is 67.5 cm³/mol.